The average Bonchev–Trinajstić information content (AvgIpc) is 2.55. The third kappa shape index (κ3) is 5.67. The van der Waals surface area contributed by atoms with Gasteiger partial charge in [-0.25, -0.2) is 4.79 Å². The molecule has 1 aliphatic carbocycles. The lowest BCUT2D eigenvalue weighted by Crippen LogP contribution is -2.55. The zero-order valence-corrected chi connectivity index (χ0v) is 20.1. The minimum Gasteiger partial charge on any atom is -0.463 e. The Morgan fingerprint density at radius 2 is 1.67 bits per heavy atom. The molecule has 158 valence electrons. The van der Waals surface area contributed by atoms with E-state index in [0.717, 1.165) is 0 Å². The minimum atomic E-state index is -1.90. The second-order valence-electron chi connectivity index (χ2n) is 9.92. The van der Waals surface area contributed by atoms with Crippen LogP contribution in [0.1, 0.15) is 61.8 Å². The molecule has 0 spiro atoms. The van der Waals surface area contributed by atoms with Crippen molar-refractivity contribution in [1.82, 2.24) is 0 Å². The van der Waals surface area contributed by atoms with Gasteiger partial charge in [-0.05, 0) is 62.1 Å². The summed E-state index contributed by atoms with van der Waals surface area (Å²) < 4.78 is 11.9. The van der Waals surface area contributed by atoms with Gasteiger partial charge in [-0.3, -0.25) is 0 Å². The van der Waals surface area contributed by atoms with Gasteiger partial charge in [0, 0.05) is 5.57 Å². The van der Waals surface area contributed by atoms with Gasteiger partial charge in [0.25, 0.3) is 0 Å². The summed E-state index contributed by atoms with van der Waals surface area (Å²) in [6.45, 7) is 21.9. The Morgan fingerprint density at radius 1 is 1.11 bits per heavy atom. The van der Waals surface area contributed by atoms with Crippen molar-refractivity contribution in [3.63, 3.8) is 0 Å². The Kier molecular flexibility index (Phi) is 8.34. The quantitative estimate of drug-likeness (QED) is 0.381. The Morgan fingerprint density at radius 3 is 2.15 bits per heavy atom. The van der Waals surface area contributed by atoms with Crippen LogP contribution < -0.4 is 0 Å². The molecule has 1 N–H and O–H groups in total. The van der Waals surface area contributed by atoms with E-state index in [-0.39, 0.29) is 41.0 Å². The van der Waals surface area contributed by atoms with Gasteiger partial charge in [-0.15, -0.1) is 0 Å². The molecule has 0 aliphatic heterocycles. The first kappa shape index (κ1) is 24.4. The third-order valence-electron chi connectivity index (χ3n) is 7.05. The Hall–Kier alpha value is -0.653. The molecule has 0 bridgehead atoms. The summed E-state index contributed by atoms with van der Waals surface area (Å²) in [5.41, 5.74) is 0.615. The molecule has 4 nitrogen and oxygen atoms in total. The van der Waals surface area contributed by atoms with Crippen molar-refractivity contribution in [3.8, 4) is 0 Å². The van der Waals surface area contributed by atoms with Gasteiger partial charge in [0.2, 0.25) is 0 Å². The van der Waals surface area contributed by atoms with E-state index < -0.39 is 8.32 Å². The number of aliphatic hydroxyl groups is 1. The van der Waals surface area contributed by atoms with Crippen LogP contribution in [0.25, 0.3) is 0 Å². The fourth-order valence-corrected chi connectivity index (χ4v) is 5.22. The van der Waals surface area contributed by atoms with Crippen molar-refractivity contribution in [2.24, 2.45) is 23.7 Å². The van der Waals surface area contributed by atoms with E-state index in [1.807, 2.05) is 13.0 Å². The number of hydrogen-bond donors (Lipinski definition) is 1. The maximum Gasteiger partial charge on any atom is 0.333 e. The highest BCUT2D eigenvalue weighted by Crippen LogP contribution is 2.46. The molecular formula is C22H42O4Si. The van der Waals surface area contributed by atoms with Gasteiger partial charge in [-0.1, -0.05) is 47.6 Å². The van der Waals surface area contributed by atoms with E-state index in [2.05, 4.69) is 54.6 Å². The predicted molar refractivity (Wildman–Crippen MR) is 114 cm³/mol. The summed E-state index contributed by atoms with van der Waals surface area (Å²) in [7, 11) is -1.90. The Labute approximate surface area is 167 Å². The zero-order valence-electron chi connectivity index (χ0n) is 19.1. The summed E-state index contributed by atoms with van der Waals surface area (Å²) in [6.07, 6.45) is 2.33. The number of allylic oxidation sites excluding steroid dienone is 1. The van der Waals surface area contributed by atoms with Crippen molar-refractivity contribution in [2.45, 2.75) is 92.2 Å². The molecule has 27 heavy (non-hydrogen) atoms. The van der Waals surface area contributed by atoms with Crippen LogP contribution in [0.3, 0.4) is 0 Å². The average molecular weight is 399 g/mol. The maximum absolute atomic E-state index is 11.9. The highest BCUT2D eigenvalue weighted by Gasteiger charge is 2.48. The number of aliphatic hydroxyl groups excluding tert-OH is 1. The van der Waals surface area contributed by atoms with Crippen LogP contribution in [-0.2, 0) is 14.0 Å². The van der Waals surface area contributed by atoms with Crippen molar-refractivity contribution < 1.29 is 19.1 Å². The molecule has 6 atom stereocenters. The number of esters is 1. The molecule has 0 aromatic rings. The summed E-state index contributed by atoms with van der Waals surface area (Å²) >= 11 is 0. The van der Waals surface area contributed by atoms with Gasteiger partial charge in [0.1, 0.15) is 0 Å². The van der Waals surface area contributed by atoms with E-state index in [9.17, 15) is 9.90 Å². The molecule has 1 rings (SSSR count). The number of hydrogen-bond acceptors (Lipinski definition) is 4. The van der Waals surface area contributed by atoms with E-state index >= 15 is 0 Å². The lowest BCUT2D eigenvalue weighted by molar-refractivity contribution is -0.138. The first-order valence-electron chi connectivity index (χ1n) is 10.4. The normalized spacial score (nSPS) is 33.1. The highest BCUT2D eigenvalue weighted by molar-refractivity contribution is 6.74. The van der Waals surface area contributed by atoms with Crippen molar-refractivity contribution in [3.05, 3.63) is 11.6 Å². The zero-order chi connectivity index (χ0) is 21.2. The highest BCUT2D eigenvalue weighted by atomic mass is 28.4. The topological polar surface area (TPSA) is 55.8 Å². The molecule has 0 radical (unpaired) electrons. The molecular weight excluding hydrogens is 356 g/mol. The van der Waals surface area contributed by atoms with Gasteiger partial charge < -0.3 is 14.3 Å². The molecule has 0 amide bonds. The van der Waals surface area contributed by atoms with Gasteiger partial charge in [0.15, 0.2) is 8.32 Å². The largest absolute Gasteiger partial charge is 0.463 e. The van der Waals surface area contributed by atoms with Crippen molar-refractivity contribution >= 4 is 14.3 Å². The first-order chi connectivity index (χ1) is 12.2. The molecule has 1 aliphatic rings. The predicted octanol–water partition coefficient (Wildman–Crippen LogP) is 5.18. The SMILES string of the molecule is CCOC(=O)/C(C)=C/C[C@H]1[C@H](C)[C@@H](O[Si](C)(C)C(C)(C)C)[C@H](C)[C@H](C)[C@H]1O. The van der Waals surface area contributed by atoms with Crippen LogP contribution in [0, 0.1) is 23.7 Å². The monoisotopic (exact) mass is 398 g/mol. The summed E-state index contributed by atoms with van der Waals surface area (Å²) in [6, 6.07) is 0. The molecule has 1 saturated carbocycles. The van der Waals surface area contributed by atoms with Crippen LogP contribution in [-0.4, -0.2) is 38.2 Å². The number of rotatable bonds is 6. The van der Waals surface area contributed by atoms with Crippen molar-refractivity contribution in [2.75, 3.05) is 6.61 Å². The first-order valence-corrected chi connectivity index (χ1v) is 13.3. The lowest BCUT2D eigenvalue weighted by Gasteiger charge is -2.51. The van der Waals surface area contributed by atoms with E-state index in [4.69, 9.17) is 9.16 Å². The molecule has 0 saturated heterocycles. The second kappa shape index (κ2) is 9.23. The van der Waals surface area contributed by atoms with E-state index in [1.54, 1.807) is 6.92 Å². The molecule has 5 heteroatoms. The molecule has 0 unspecified atom stereocenters. The smallest absolute Gasteiger partial charge is 0.333 e. The van der Waals surface area contributed by atoms with Crippen LogP contribution in [0.15, 0.2) is 11.6 Å². The molecule has 1 fully saturated rings. The van der Waals surface area contributed by atoms with E-state index in [0.29, 0.717) is 24.5 Å². The summed E-state index contributed by atoms with van der Waals surface area (Å²) in [5, 5.41) is 11.1. The maximum atomic E-state index is 11.9. The number of ether oxygens (including phenoxy) is 1. The Balaban J connectivity index is 3.03. The van der Waals surface area contributed by atoms with Crippen LogP contribution in [0.5, 0.6) is 0 Å². The lowest BCUT2D eigenvalue weighted by atomic mass is 9.65. The van der Waals surface area contributed by atoms with Crippen molar-refractivity contribution in [1.29, 1.82) is 0 Å². The number of carbonyl (C=O) groups excluding carboxylic acids is 1. The standard InChI is InChI=1S/C22H42O4Si/c1-11-25-21(24)14(2)12-13-18-17(5)20(16(4)15(3)19(18)23)26-27(9,10)22(6,7)8/h12,15-20,23H,11,13H2,1-10H3/b14-12+/t15-,16+,17-,18-,19+,20-/m0/s1. The molecule has 0 heterocycles. The van der Waals surface area contributed by atoms with Crippen LogP contribution >= 0.6 is 0 Å². The van der Waals surface area contributed by atoms with E-state index in [1.165, 1.54) is 0 Å². The van der Waals surface area contributed by atoms with Crippen LogP contribution in [0.2, 0.25) is 18.1 Å². The van der Waals surface area contributed by atoms with Gasteiger partial charge >= 0.3 is 5.97 Å². The Bertz CT molecular complexity index is 535. The molecule has 0 aromatic heterocycles. The summed E-state index contributed by atoms with van der Waals surface area (Å²) in [4.78, 5) is 11.9. The second-order valence-corrected chi connectivity index (χ2v) is 14.7. The fourth-order valence-electron chi connectivity index (χ4n) is 3.76. The number of carbonyl (C=O) groups is 1. The van der Waals surface area contributed by atoms with Gasteiger partial charge in [-0.2, -0.15) is 0 Å². The molecule has 0 aromatic carbocycles. The fraction of sp³-hybridized carbons (Fsp3) is 0.864. The third-order valence-corrected chi connectivity index (χ3v) is 11.5. The summed E-state index contributed by atoms with van der Waals surface area (Å²) in [5.74, 6) is 0.501. The van der Waals surface area contributed by atoms with Gasteiger partial charge in [0.05, 0.1) is 18.8 Å². The van der Waals surface area contributed by atoms with Crippen LogP contribution in [0.4, 0.5) is 0 Å². The minimum absolute atomic E-state index is 0.0790.